The second-order valence-corrected chi connectivity index (χ2v) is 7.12. The minimum atomic E-state index is -4.57. The van der Waals surface area contributed by atoms with Gasteiger partial charge < -0.3 is 20.4 Å². The number of nitrogens with one attached hydrogen (secondary N) is 3. The molecule has 0 saturated heterocycles. The molecule has 0 fully saturated rings. The van der Waals surface area contributed by atoms with E-state index in [9.17, 15) is 22.8 Å². The lowest BCUT2D eigenvalue weighted by atomic mass is 10.1. The SMILES string of the molecule is CC(=O)NCCCOc1ccc(-c2ncc(C(F)(F)F)[nH]2)cc1NC(=O)C#Cc1ccn(C)n1. The average Bonchev–Trinajstić information content (AvgIpc) is 3.42. The summed E-state index contributed by atoms with van der Waals surface area (Å²) in [6.07, 6.45) is -1.70. The van der Waals surface area contributed by atoms with Gasteiger partial charge in [0.05, 0.1) is 18.5 Å². The zero-order valence-corrected chi connectivity index (χ0v) is 18.3. The summed E-state index contributed by atoms with van der Waals surface area (Å²) in [7, 11) is 1.71. The molecule has 2 aromatic heterocycles. The van der Waals surface area contributed by atoms with Crippen molar-refractivity contribution in [1.82, 2.24) is 25.1 Å². The van der Waals surface area contributed by atoms with E-state index in [0.717, 1.165) is 0 Å². The second kappa shape index (κ2) is 10.6. The number of carbonyl (C=O) groups is 2. The number of ether oxygens (including phenoxy) is 1. The molecule has 0 radical (unpaired) electrons. The molecule has 3 aromatic rings. The van der Waals surface area contributed by atoms with Crippen LogP contribution in [0.2, 0.25) is 0 Å². The Hall–Kier alpha value is -4.27. The van der Waals surface area contributed by atoms with Crippen LogP contribution in [0, 0.1) is 11.8 Å². The Labute approximate surface area is 192 Å². The van der Waals surface area contributed by atoms with Crippen molar-refractivity contribution in [2.75, 3.05) is 18.5 Å². The molecular formula is C22H21F3N6O3. The molecule has 0 atom stereocenters. The summed E-state index contributed by atoms with van der Waals surface area (Å²) in [6, 6.07) is 6.09. The first kappa shape index (κ1) is 24.4. The maximum Gasteiger partial charge on any atom is 0.432 e. The standard InChI is InChI=1S/C22H21F3N6O3/c1-14(32)26-9-3-11-34-18-6-4-15(21-27-13-19(29-21)22(23,24)25)12-17(18)28-20(33)7-5-16-8-10-31(2)30-16/h4,6,8,10,12-13H,3,9,11H2,1-2H3,(H,26,32)(H,27,29)(H,28,33). The molecule has 0 spiro atoms. The first-order valence-corrected chi connectivity index (χ1v) is 10.1. The van der Waals surface area contributed by atoms with Crippen molar-refractivity contribution in [3.63, 3.8) is 0 Å². The summed E-state index contributed by atoms with van der Waals surface area (Å²) in [5, 5.41) is 9.28. The molecule has 2 amide bonds. The van der Waals surface area contributed by atoms with Gasteiger partial charge in [-0.1, -0.05) is 0 Å². The first-order chi connectivity index (χ1) is 16.1. The molecule has 0 bridgehead atoms. The van der Waals surface area contributed by atoms with Crippen molar-refractivity contribution < 1.29 is 27.5 Å². The van der Waals surface area contributed by atoms with Crippen LogP contribution in [0.1, 0.15) is 24.7 Å². The van der Waals surface area contributed by atoms with Crippen LogP contribution in [-0.4, -0.2) is 44.7 Å². The number of carbonyl (C=O) groups excluding carboxylic acids is 2. The number of rotatable bonds is 7. The molecular weight excluding hydrogens is 453 g/mol. The van der Waals surface area contributed by atoms with E-state index in [-0.39, 0.29) is 29.8 Å². The molecule has 1 aromatic carbocycles. The predicted octanol–water partition coefficient (Wildman–Crippen LogP) is 2.72. The van der Waals surface area contributed by atoms with Gasteiger partial charge in [0, 0.05) is 38.2 Å². The average molecular weight is 474 g/mol. The van der Waals surface area contributed by atoms with Gasteiger partial charge in [-0.05, 0) is 36.6 Å². The topological polar surface area (TPSA) is 114 Å². The van der Waals surface area contributed by atoms with Crippen LogP contribution < -0.4 is 15.4 Å². The van der Waals surface area contributed by atoms with Gasteiger partial charge >= 0.3 is 12.1 Å². The van der Waals surface area contributed by atoms with Crippen molar-refractivity contribution in [2.45, 2.75) is 19.5 Å². The molecule has 0 aliphatic carbocycles. The van der Waals surface area contributed by atoms with Gasteiger partial charge in [0.15, 0.2) is 0 Å². The minimum Gasteiger partial charge on any atom is -0.491 e. The number of amides is 2. The van der Waals surface area contributed by atoms with E-state index in [1.165, 1.54) is 29.8 Å². The van der Waals surface area contributed by atoms with Crippen LogP contribution in [0.4, 0.5) is 18.9 Å². The van der Waals surface area contributed by atoms with E-state index >= 15 is 0 Å². The largest absolute Gasteiger partial charge is 0.491 e. The highest BCUT2D eigenvalue weighted by Gasteiger charge is 2.33. The number of anilines is 1. The van der Waals surface area contributed by atoms with Gasteiger partial charge in [0.25, 0.3) is 0 Å². The summed E-state index contributed by atoms with van der Waals surface area (Å²) in [6.45, 7) is 2.02. The summed E-state index contributed by atoms with van der Waals surface area (Å²) in [4.78, 5) is 29.3. The fourth-order valence-corrected chi connectivity index (χ4v) is 2.79. The quantitative estimate of drug-likeness (QED) is 0.360. The fraction of sp³-hybridized carbons (Fsp3) is 0.273. The maximum absolute atomic E-state index is 12.9. The molecule has 3 N–H and O–H groups in total. The van der Waals surface area contributed by atoms with Crippen LogP contribution in [0.15, 0.2) is 36.7 Å². The molecule has 0 aliphatic heterocycles. The number of nitrogens with zero attached hydrogens (tertiary/aromatic N) is 3. The van der Waals surface area contributed by atoms with E-state index in [4.69, 9.17) is 4.74 Å². The lowest BCUT2D eigenvalue weighted by Gasteiger charge is -2.13. The Balaban J connectivity index is 1.80. The van der Waals surface area contributed by atoms with E-state index in [2.05, 4.69) is 37.5 Å². The van der Waals surface area contributed by atoms with Gasteiger partial charge in [-0.25, -0.2) is 4.98 Å². The number of imidazole rings is 1. The molecule has 0 unspecified atom stereocenters. The number of aromatic nitrogens is 4. The molecule has 2 heterocycles. The van der Waals surface area contributed by atoms with Crippen molar-refractivity contribution in [3.8, 4) is 29.0 Å². The highest BCUT2D eigenvalue weighted by atomic mass is 19.4. The smallest absolute Gasteiger partial charge is 0.432 e. The lowest BCUT2D eigenvalue weighted by Crippen LogP contribution is -2.22. The number of hydrogen-bond donors (Lipinski definition) is 3. The number of halogens is 3. The van der Waals surface area contributed by atoms with Crippen molar-refractivity contribution in [3.05, 3.63) is 48.0 Å². The van der Waals surface area contributed by atoms with Gasteiger partial charge in [-0.3, -0.25) is 14.3 Å². The number of aromatic amines is 1. The Bertz CT molecular complexity index is 1240. The Morgan fingerprint density at radius 1 is 1.26 bits per heavy atom. The third kappa shape index (κ3) is 6.86. The molecule has 12 heteroatoms. The van der Waals surface area contributed by atoms with Crippen LogP contribution in [0.25, 0.3) is 11.4 Å². The molecule has 0 aliphatic rings. The van der Waals surface area contributed by atoms with Gasteiger partial charge in [-0.15, -0.1) is 0 Å². The monoisotopic (exact) mass is 474 g/mol. The van der Waals surface area contributed by atoms with Crippen LogP contribution in [-0.2, 0) is 22.8 Å². The summed E-state index contributed by atoms with van der Waals surface area (Å²) >= 11 is 0. The van der Waals surface area contributed by atoms with Crippen LogP contribution in [0.3, 0.4) is 0 Å². The zero-order valence-electron chi connectivity index (χ0n) is 18.3. The highest BCUT2D eigenvalue weighted by molar-refractivity contribution is 6.05. The van der Waals surface area contributed by atoms with Gasteiger partial charge in [0.1, 0.15) is 23.0 Å². The number of aryl methyl sites for hydroxylation is 1. The first-order valence-electron chi connectivity index (χ1n) is 10.1. The minimum absolute atomic E-state index is 0.0281. The third-order valence-corrected chi connectivity index (χ3v) is 4.35. The number of hydrogen-bond acceptors (Lipinski definition) is 5. The van der Waals surface area contributed by atoms with E-state index < -0.39 is 17.8 Å². The Kier molecular flexibility index (Phi) is 7.57. The van der Waals surface area contributed by atoms with E-state index in [1.807, 2.05) is 0 Å². The van der Waals surface area contributed by atoms with Crippen molar-refractivity contribution in [2.24, 2.45) is 7.05 Å². The zero-order chi connectivity index (χ0) is 24.7. The van der Waals surface area contributed by atoms with Gasteiger partial charge in [0.2, 0.25) is 5.91 Å². The fourth-order valence-electron chi connectivity index (χ4n) is 2.79. The van der Waals surface area contributed by atoms with E-state index in [1.54, 1.807) is 19.3 Å². The molecule has 0 saturated carbocycles. The summed E-state index contributed by atoms with van der Waals surface area (Å²) < 4.78 is 46.0. The number of benzene rings is 1. The lowest BCUT2D eigenvalue weighted by molar-refractivity contribution is -0.140. The Morgan fingerprint density at radius 3 is 2.71 bits per heavy atom. The summed E-state index contributed by atoms with van der Waals surface area (Å²) in [5.74, 6) is 4.45. The molecule has 34 heavy (non-hydrogen) atoms. The van der Waals surface area contributed by atoms with Crippen LogP contribution in [0.5, 0.6) is 5.75 Å². The second-order valence-electron chi connectivity index (χ2n) is 7.12. The maximum atomic E-state index is 12.9. The van der Waals surface area contributed by atoms with Gasteiger partial charge in [-0.2, -0.15) is 18.3 Å². The molecule has 178 valence electrons. The highest BCUT2D eigenvalue weighted by Crippen LogP contribution is 2.32. The molecule has 3 rings (SSSR count). The van der Waals surface area contributed by atoms with Crippen LogP contribution >= 0.6 is 0 Å². The van der Waals surface area contributed by atoms with Crippen molar-refractivity contribution >= 4 is 17.5 Å². The van der Waals surface area contributed by atoms with E-state index in [0.29, 0.717) is 30.4 Å². The predicted molar refractivity (Wildman–Crippen MR) is 117 cm³/mol. The van der Waals surface area contributed by atoms with Crippen molar-refractivity contribution in [1.29, 1.82) is 0 Å². The Morgan fingerprint density at radius 2 is 2.06 bits per heavy atom. The normalized spacial score (nSPS) is 10.9. The molecule has 9 nitrogen and oxygen atoms in total. The third-order valence-electron chi connectivity index (χ3n) is 4.35. The number of alkyl halides is 3. The number of H-pyrrole nitrogens is 1. The summed E-state index contributed by atoms with van der Waals surface area (Å²) in [5.41, 5.74) is -0.0971.